The van der Waals surface area contributed by atoms with E-state index in [2.05, 4.69) is 0 Å². The maximum atomic E-state index is 12.6. The van der Waals surface area contributed by atoms with Gasteiger partial charge in [-0.1, -0.05) is 12.1 Å². The molecule has 0 saturated heterocycles. The van der Waals surface area contributed by atoms with Crippen LogP contribution >= 0.6 is 0 Å². The second-order valence-electron chi connectivity index (χ2n) is 4.08. The molecule has 0 aliphatic carbocycles. The van der Waals surface area contributed by atoms with Gasteiger partial charge in [0.15, 0.2) is 0 Å². The quantitative estimate of drug-likeness (QED) is 0.806. The third kappa shape index (κ3) is 5.03. The van der Waals surface area contributed by atoms with Crippen LogP contribution in [0.2, 0.25) is 0 Å². The van der Waals surface area contributed by atoms with Crippen molar-refractivity contribution in [3.63, 3.8) is 0 Å². The molecule has 1 N–H and O–H groups in total. The molecule has 0 fully saturated rings. The number of Topliss-reactive ketones (excluding diaryl/α,β-unsaturated/α-hetero) is 1. The SMILES string of the molecule is CC(=O)CC(O)CCCc1ccc(F)cc1. The van der Waals surface area contributed by atoms with Crippen molar-refractivity contribution in [3.05, 3.63) is 35.6 Å². The van der Waals surface area contributed by atoms with Gasteiger partial charge in [-0.05, 0) is 43.9 Å². The number of halogens is 1. The van der Waals surface area contributed by atoms with E-state index >= 15 is 0 Å². The van der Waals surface area contributed by atoms with Crippen molar-refractivity contribution < 1.29 is 14.3 Å². The Bertz CT molecular complexity index is 332. The molecule has 1 unspecified atom stereocenters. The van der Waals surface area contributed by atoms with Crippen molar-refractivity contribution in [2.24, 2.45) is 0 Å². The van der Waals surface area contributed by atoms with E-state index in [4.69, 9.17) is 0 Å². The Morgan fingerprint density at radius 2 is 2.00 bits per heavy atom. The number of ketones is 1. The zero-order valence-corrected chi connectivity index (χ0v) is 9.45. The van der Waals surface area contributed by atoms with Crippen molar-refractivity contribution in [1.82, 2.24) is 0 Å². The standard InChI is InChI=1S/C13H17FO2/c1-10(15)9-13(16)4-2-3-11-5-7-12(14)8-6-11/h5-8,13,16H,2-4,9H2,1H3. The van der Waals surface area contributed by atoms with Crippen molar-refractivity contribution in [2.75, 3.05) is 0 Å². The second kappa shape index (κ2) is 6.38. The lowest BCUT2D eigenvalue weighted by molar-refractivity contribution is -0.118. The fourth-order valence-electron chi connectivity index (χ4n) is 1.63. The van der Waals surface area contributed by atoms with Crippen LogP contribution < -0.4 is 0 Å². The largest absolute Gasteiger partial charge is 0.393 e. The molecule has 1 rings (SSSR count). The molecule has 0 bridgehead atoms. The summed E-state index contributed by atoms with van der Waals surface area (Å²) in [6, 6.07) is 6.35. The highest BCUT2D eigenvalue weighted by atomic mass is 19.1. The number of aliphatic hydroxyl groups is 1. The Hall–Kier alpha value is -1.22. The van der Waals surface area contributed by atoms with Crippen LogP contribution in [0.3, 0.4) is 0 Å². The van der Waals surface area contributed by atoms with Crippen LogP contribution in [0.15, 0.2) is 24.3 Å². The van der Waals surface area contributed by atoms with E-state index in [1.54, 1.807) is 12.1 Å². The molecular weight excluding hydrogens is 207 g/mol. The summed E-state index contributed by atoms with van der Waals surface area (Å²) in [6.07, 6.45) is 1.90. The monoisotopic (exact) mass is 224 g/mol. The van der Waals surface area contributed by atoms with Gasteiger partial charge in [0.2, 0.25) is 0 Å². The van der Waals surface area contributed by atoms with Crippen LogP contribution in [-0.4, -0.2) is 17.0 Å². The maximum absolute atomic E-state index is 12.6. The Morgan fingerprint density at radius 1 is 1.38 bits per heavy atom. The highest BCUT2D eigenvalue weighted by molar-refractivity contribution is 5.75. The Labute approximate surface area is 95.1 Å². The predicted octanol–water partition coefficient (Wildman–Crippen LogP) is 2.49. The summed E-state index contributed by atoms with van der Waals surface area (Å²) in [4.78, 5) is 10.7. The lowest BCUT2D eigenvalue weighted by Gasteiger charge is -2.07. The van der Waals surface area contributed by atoms with Gasteiger partial charge in [0.1, 0.15) is 11.6 Å². The molecule has 0 spiro atoms. The van der Waals surface area contributed by atoms with Gasteiger partial charge < -0.3 is 5.11 Å². The molecule has 1 aromatic carbocycles. The second-order valence-corrected chi connectivity index (χ2v) is 4.08. The summed E-state index contributed by atoms with van der Waals surface area (Å²) in [5, 5.41) is 9.46. The van der Waals surface area contributed by atoms with Crippen LogP contribution in [0.4, 0.5) is 4.39 Å². The molecule has 3 heteroatoms. The first kappa shape index (κ1) is 12.8. The number of aliphatic hydroxyl groups excluding tert-OH is 1. The molecule has 16 heavy (non-hydrogen) atoms. The molecule has 1 atom stereocenters. The van der Waals surface area contributed by atoms with Crippen molar-refractivity contribution in [2.45, 2.75) is 38.7 Å². The fraction of sp³-hybridized carbons (Fsp3) is 0.462. The average molecular weight is 224 g/mol. The van der Waals surface area contributed by atoms with E-state index in [1.807, 2.05) is 0 Å². The van der Waals surface area contributed by atoms with E-state index in [0.717, 1.165) is 18.4 Å². The van der Waals surface area contributed by atoms with Gasteiger partial charge in [-0.2, -0.15) is 0 Å². The van der Waals surface area contributed by atoms with Crippen LogP contribution in [-0.2, 0) is 11.2 Å². The van der Waals surface area contributed by atoms with Gasteiger partial charge in [-0.3, -0.25) is 4.79 Å². The minimum Gasteiger partial charge on any atom is -0.393 e. The summed E-state index contributed by atoms with van der Waals surface area (Å²) in [6.45, 7) is 1.48. The van der Waals surface area contributed by atoms with Crippen LogP contribution in [0.1, 0.15) is 31.7 Å². The Morgan fingerprint density at radius 3 is 2.56 bits per heavy atom. The Kier molecular flexibility index (Phi) is 5.12. The lowest BCUT2D eigenvalue weighted by atomic mass is 10.0. The van der Waals surface area contributed by atoms with Gasteiger partial charge in [-0.15, -0.1) is 0 Å². The average Bonchev–Trinajstić information content (AvgIpc) is 2.20. The molecule has 0 amide bonds. The van der Waals surface area contributed by atoms with Crippen LogP contribution in [0.25, 0.3) is 0 Å². The first-order valence-corrected chi connectivity index (χ1v) is 5.50. The summed E-state index contributed by atoms with van der Waals surface area (Å²) >= 11 is 0. The van der Waals surface area contributed by atoms with Crippen molar-refractivity contribution >= 4 is 5.78 Å². The maximum Gasteiger partial charge on any atom is 0.132 e. The molecule has 1 aromatic rings. The van der Waals surface area contributed by atoms with Gasteiger partial charge in [-0.25, -0.2) is 4.39 Å². The topological polar surface area (TPSA) is 37.3 Å². The first-order chi connectivity index (χ1) is 7.58. The third-order valence-corrected chi connectivity index (χ3v) is 2.44. The van der Waals surface area contributed by atoms with Gasteiger partial charge in [0.25, 0.3) is 0 Å². The normalized spacial score (nSPS) is 12.4. The number of carbonyl (C=O) groups excluding carboxylic acids is 1. The molecule has 88 valence electrons. The Balaban J connectivity index is 2.25. The number of rotatable bonds is 6. The highest BCUT2D eigenvalue weighted by Gasteiger charge is 2.06. The number of aryl methyl sites for hydroxylation is 1. The summed E-state index contributed by atoms with van der Waals surface area (Å²) < 4.78 is 12.6. The number of hydrogen-bond acceptors (Lipinski definition) is 2. The molecule has 0 heterocycles. The molecule has 0 aromatic heterocycles. The first-order valence-electron chi connectivity index (χ1n) is 5.50. The van der Waals surface area contributed by atoms with E-state index in [-0.39, 0.29) is 18.0 Å². The molecular formula is C13H17FO2. The molecule has 0 aliphatic rings. The van der Waals surface area contributed by atoms with E-state index in [9.17, 15) is 14.3 Å². The minimum absolute atomic E-state index is 0.00859. The van der Waals surface area contributed by atoms with Crippen LogP contribution in [0, 0.1) is 5.82 Å². The lowest BCUT2D eigenvalue weighted by Crippen LogP contribution is -2.11. The fourth-order valence-corrected chi connectivity index (χ4v) is 1.63. The molecule has 0 saturated carbocycles. The summed E-state index contributed by atoms with van der Waals surface area (Å²) in [5.41, 5.74) is 1.05. The van der Waals surface area contributed by atoms with Crippen LogP contribution in [0.5, 0.6) is 0 Å². The predicted molar refractivity (Wildman–Crippen MR) is 60.6 cm³/mol. The van der Waals surface area contributed by atoms with Crippen molar-refractivity contribution in [3.8, 4) is 0 Å². The number of benzene rings is 1. The van der Waals surface area contributed by atoms with Gasteiger partial charge in [0, 0.05) is 6.42 Å². The van der Waals surface area contributed by atoms with Gasteiger partial charge >= 0.3 is 0 Å². The minimum atomic E-state index is -0.544. The van der Waals surface area contributed by atoms with E-state index in [1.165, 1.54) is 19.1 Å². The molecule has 2 nitrogen and oxygen atoms in total. The molecule has 0 aliphatic heterocycles. The highest BCUT2D eigenvalue weighted by Crippen LogP contribution is 2.09. The van der Waals surface area contributed by atoms with E-state index in [0.29, 0.717) is 6.42 Å². The summed E-state index contributed by atoms with van der Waals surface area (Å²) in [7, 11) is 0. The van der Waals surface area contributed by atoms with Gasteiger partial charge in [0.05, 0.1) is 6.10 Å². The number of carbonyl (C=O) groups is 1. The number of hydrogen-bond donors (Lipinski definition) is 1. The zero-order chi connectivity index (χ0) is 12.0. The van der Waals surface area contributed by atoms with E-state index < -0.39 is 6.10 Å². The summed E-state index contributed by atoms with van der Waals surface area (Å²) in [5.74, 6) is -0.227. The zero-order valence-electron chi connectivity index (χ0n) is 9.45. The third-order valence-electron chi connectivity index (χ3n) is 2.44. The molecule has 0 radical (unpaired) electrons. The van der Waals surface area contributed by atoms with Crippen molar-refractivity contribution in [1.29, 1.82) is 0 Å². The smallest absolute Gasteiger partial charge is 0.132 e.